The van der Waals surface area contributed by atoms with Crippen molar-refractivity contribution in [2.75, 3.05) is 19.7 Å². The fourth-order valence-electron chi connectivity index (χ4n) is 4.30. The number of carboxylic acid groups (broad SMARTS) is 1. The lowest BCUT2D eigenvalue weighted by atomic mass is 9.98. The van der Waals surface area contributed by atoms with Crippen molar-refractivity contribution in [3.8, 4) is 11.1 Å². The minimum Gasteiger partial charge on any atom is -0.480 e. The summed E-state index contributed by atoms with van der Waals surface area (Å²) in [5.41, 5.74) is 3.65. The van der Waals surface area contributed by atoms with Crippen molar-refractivity contribution in [2.45, 2.75) is 45.6 Å². The summed E-state index contributed by atoms with van der Waals surface area (Å²) in [6.45, 7) is 7.44. The lowest BCUT2D eigenvalue weighted by Gasteiger charge is -2.30. The quantitative estimate of drug-likeness (QED) is 0.593. The Balaban J connectivity index is 1.61. The van der Waals surface area contributed by atoms with E-state index in [1.54, 1.807) is 13.8 Å². The van der Waals surface area contributed by atoms with Crippen LogP contribution in [0.3, 0.4) is 0 Å². The molecule has 0 aliphatic heterocycles. The summed E-state index contributed by atoms with van der Waals surface area (Å²) in [6, 6.07) is 16.2. The van der Waals surface area contributed by atoms with Gasteiger partial charge in [-0.15, -0.1) is 0 Å². The summed E-state index contributed by atoms with van der Waals surface area (Å²) in [7, 11) is 0. The zero-order valence-corrected chi connectivity index (χ0v) is 19.6. The van der Waals surface area contributed by atoms with E-state index >= 15 is 0 Å². The first-order chi connectivity index (χ1) is 15.6. The standard InChI is InChI=1S/C26H32N2O5/c1-17(2)14-28(15-24(30)31)23(29)13-26(3,4)27-25(32)33-16-22-20-11-7-5-9-18(20)19-10-6-8-12-21(19)22/h5-12,17,22H,13-16H2,1-4H3,(H,27,32)(H,30,31). The predicted molar refractivity (Wildman–Crippen MR) is 126 cm³/mol. The molecule has 0 bridgehead atoms. The fourth-order valence-corrected chi connectivity index (χ4v) is 4.30. The molecule has 0 heterocycles. The average molecular weight is 453 g/mol. The van der Waals surface area contributed by atoms with Gasteiger partial charge in [-0.1, -0.05) is 62.4 Å². The number of alkyl carbamates (subject to hydrolysis) is 1. The zero-order chi connectivity index (χ0) is 24.2. The zero-order valence-electron chi connectivity index (χ0n) is 19.6. The van der Waals surface area contributed by atoms with Crippen LogP contribution in [0.5, 0.6) is 0 Å². The van der Waals surface area contributed by atoms with E-state index in [9.17, 15) is 14.4 Å². The smallest absolute Gasteiger partial charge is 0.407 e. The number of hydrogen-bond acceptors (Lipinski definition) is 4. The minimum absolute atomic E-state index is 0.0306. The molecule has 2 aromatic carbocycles. The summed E-state index contributed by atoms with van der Waals surface area (Å²) < 4.78 is 5.58. The normalized spacial score (nSPS) is 12.8. The SMILES string of the molecule is CC(C)CN(CC(=O)O)C(=O)CC(C)(C)NC(=O)OCC1c2ccccc2-c2ccccc21. The van der Waals surface area contributed by atoms with Gasteiger partial charge in [0.05, 0.1) is 0 Å². The lowest BCUT2D eigenvalue weighted by molar-refractivity contribution is -0.145. The van der Waals surface area contributed by atoms with Gasteiger partial charge in [-0.2, -0.15) is 0 Å². The third-order valence-electron chi connectivity index (χ3n) is 5.64. The number of ether oxygens (including phenoxy) is 1. The van der Waals surface area contributed by atoms with E-state index < -0.39 is 17.6 Å². The summed E-state index contributed by atoms with van der Waals surface area (Å²) in [5.74, 6) is -1.31. The van der Waals surface area contributed by atoms with Crippen molar-refractivity contribution in [1.29, 1.82) is 0 Å². The summed E-state index contributed by atoms with van der Waals surface area (Å²) in [5, 5.41) is 11.9. The van der Waals surface area contributed by atoms with Crippen LogP contribution in [-0.2, 0) is 14.3 Å². The number of carbonyl (C=O) groups is 3. The topological polar surface area (TPSA) is 95.9 Å². The number of hydrogen-bond donors (Lipinski definition) is 2. The van der Waals surface area contributed by atoms with Crippen LogP contribution in [0.15, 0.2) is 48.5 Å². The van der Waals surface area contributed by atoms with Crippen LogP contribution in [-0.4, -0.2) is 53.2 Å². The molecule has 33 heavy (non-hydrogen) atoms. The van der Waals surface area contributed by atoms with E-state index in [0.29, 0.717) is 6.54 Å². The van der Waals surface area contributed by atoms with E-state index in [0.717, 1.165) is 22.3 Å². The highest BCUT2D eigenvalue weighted by Gasteiger charge is 2.31. The van der Waals surface area contributed by atoms with Gasteiger partial charge in [-0.05, 0) is 42.0 Å². The van der Waals surface area contributed by atoms with Crippen LogP contribution in [0.1, 0.15) is 51.2 Å². The molecule has 0 radical (unpaired) electrons. The first-order valence-electron chi connectivity index (χ1n) is 11.2. The number of carboxylic acids is 1. The molecule has 7 nitrogen and oxygen atoms in total. The molecule has 2 amide bonds. The van der Waals surface area contributed by atoms with Crippen molar-refractivity contribution in [1.82, 2.24) is 10.2 Å². The molecule has 1 aliphatic carbocycles. The largest absolute Gasteiger partial charge is 0.480 e. The molecule has 2 N–H and O–H groups in total. The van der Waals surface area contributed by atoms with Gasteiger partial charge in [0.15, 0.2) is 0 Å². The van der Waals surface area contributed by atoms with Crippen LogP contribution in [0.4, 0.5) is 4.79 Å². The molecule has 0 unspecified atom stereocenters. The molecule has 176 valence electrons. The molecular formula is C26H32N2O5. The molecule has 0 spiro atoms. The number of nitrogens with one attached hydrogen (secondary N) is 1. The van der Waals surface area contributed by atoms with Crippen LogP contribution in [0.2, 0.25) is 0 Å². The van der Waals surface area contributed by atoms with Gasteiger partial charge < -0.3 is 20.1 Å². The van der Waals surface area contributed by atoms with E-state index in [2.05, 4.69) is 29.6 Å². The van der Waals surface area contributed by atoms with E-state index in [4.69, 9.17) is 9.84 Å². The Morgan fingerprint density at radius 2 is 1.58 bits per heavy atom. The second-order valence-electron chi connectivity index (χ2n) is 9.57. The molecule has 2 aromatic rings. The molecular weight excluding hydrogens is 420 g/mol. The van der Waals surface area contributed by atoms with Gasteiger partial charge in [0, 0.05) is 24.4 Å². The van der Waals surface area contributed by atoms with Crippen molar-refractivity contribution in [2.24, 2.45) is 5.92 Å². The first-order valence-corrected chi connectivity index (χ1v) is 11.2. The Morgan fingerprint density at radius 1 is 1.03 bits per heavy atom. The second-order valence-corrected chi connectivity index (χ2v) is 9.57. The Hall–Kier alpha value is -3.35. The number of nitrogens with zero attached hydrogens (tertiary/aromatic N) is 1. The lowest BCUT2D eigenvalue weighted by Crippen LogP contribution is -2.49. The molecule has 0 saturated carbocycles. The maximum absolute atomic E-state index is 12.7. The van der Waals surface area contributed by atoms with Gasteiger partial charge >= 0.3 is 12.1 Å². The molecule has 0 aromatic heterocycles. The number of carbonyl (C=O) groups excluding carboxylic acids is 2. The highest BCUT2D eigenvalue weighted by atomic mass is 16.5. The Morgan fingerprint density at radius 3 is 2.09 bits per heavy atom. The third-order valence-corrected chi connectivity index (χ3v) is 5.64. The maximum atomic E-state index is 12.7. The molecule has 7 heteroatoms. The first kappa shape index (κ1) is 24.3. The highest BCUT2D eigenvalue weighted by molar-refractivity contribution is 5.83. The Labute approximate surface area is 194 Å². The van der Waals surface area contributed by atoms with Crippen LogP contribution in [0, 0.1) is 5.92 Å². The summed E-state index contributed by atoms with van der Waals surface area (Å²) in [4.78, 5) is 37.8. The predicted octanol–water partition coefficient (Wildman–Crippen LogP) is 4.26. The number of benzene rings is 2. The average Bonchev–Trinajstić information content (AvgIpc) is 3.04. The van der Waals surface area contributed by atoms with Gasteiger partial charge in [0.1, 0.15) is 13.2 Å². The van der Waals surface area contributed by atoms with Gasteiger partial charge in [0.25, 0.3) is 0 Å². The summed E-state index contributed by atoms with van der Waals surface area (Å²) >= 11 is 0. The number of fused-ring (bicyclic) bond motifs is 3. The number of rotatable bonds is 9. The van der Waals surface area contributed by atoms with Crippen molar-refractivity contribution in [3.05, 3.63) is 59.7 Å². The number of aliphatic carboxylic acids is 1. The minimum atomic E-state index is -1.06. The van der Waals surface area contributed by atoms with Crippen LogP contribution < -0.4 is 5.32 Å². The monoisotopic (exact) mass is 452 g/mol. The maximum Gasteiger partial charge on any atom is 0.407 e. The van der Waals surface area contributed by atoms with Crippen LogP contribution in [0.25, 0.3) is 11.1 Å². The third kappa shape index (κ3) is 6.12. The number of amides is 2. The Bertz CT molecular complexity index is 985. The van der Waals surface area contributed by atoms with E-state index in [1.165, 1.54) is 4.90 Å². The van der Waals surface area contributed by atoms with Gasteiger partial charge in [-0.3, -0.25) is 9.59 Å². The van der Waals surface area contributed by atoms with Crippen molar-refractivity contribution in [3.63, 3.8) is 0 Å². The van der Waals surface area contributed by atoms with E-state index in [-0.39, 0.29) is 37.3 Å². The van der Waals surface area contributed by atoms with Crippen LogP contribution >= 0.6 is 0 Å². The highest BCUT2D eigenvalue weighted by Crippen LogP contribution is 2.44. The molecule has 1 aliphatic rings. The molecule has 0 saturated heterocycles. The second kappa shape index (κ2) is 10.1. The molecule has 0 fully saturated rings. The van der Waals surface area contributed by atoms with Gasteiger partial charge in [-0.25, -0.2) is 4.79 Å². The van der Waals surface area contributed by atoms with Gasteiger partial charge in [0.2, 0.25) is 5.91 Å². The van der Waals surface area contributed by atoms with E-state index in [1.807, 2.05) is 38.1 Å². The fraction of sp³-hybridized carbons (Fsp3) is 0.423. The van der Waals surface area contributed by atoms with Crippen molar-refractivity contribution < 1.29 is 24.2 Å². The van der Waals surface area contributed by atoms with Crippen molar-refractivity contribution >= 4 is 18.0 Å². The molecule has 3 rings (SSSR count). The Kier molecular flexibility index (Phi) is 7.41. The summed E-state index contributed by atoms with van der Waals surface area (Å²) in [6.07, 6.45) is -0.639. The molecule has 0 atom stereocenters.